The van der Waals surface area contributed by atoms with Gasteiger partial charge in [-0.15, -0.1) is 0 Å². The van der Waals surface area contributed by atoms with E-state index in [9.17, 15) is 9.69 Å². The maximum Gasteiger partial charge on any atom is 0.508 e. The Bertz CT molecular complexity index is 668. The Kier molecular flexibility index (Phi) is 9.36. The Balaban J connectivity index is 1.92. The van der Waals surface area contributed by atoms with Crippen LogP contribution in [-0.2, 0) is 41.7 Å². The molecule has 1 aromatic rings. The largest absolute Gasteiger partial charge is 0.508 e. The van der Waals surface area contributed by atoms with Gasteiger partial charge in [0, 0.05) is 19.0 Å². The molecule has 0 spiro atoms. The van der Waals surface area contributed by atoms with Crippen molar-refractivity contribution in [3.63, 3.8) is 0 Å². The highest BCUT2D eigenvalue weighted by Gasteiger charge is 2.45. The van der Waals surface area contributed by atoms with Crippen LogP contribution in [0.2, 0.25) is 0 Å². The molecule has 0 saturated carbocycles. The van der Waals surface area contributed by atoms with Gasteiger partial charge in [-0.05, 0) is 36.8 Å². The fourth-order valence-electron chi connectivity index (χ4n) is 2.91. The average Bonchev–Trinajstić information content (AvgIpc) is 2.97. The molecule has 0 aromatic heterocycles. The van der Waals surface area contributed by atoms with E-state index < -0.39 is 31.1 Å². The van der Waals surface area contributed by atoms with Gasteiger partial charge >= 0.3 is 12.9 Å². The third-order valence-corrected chi connectivity index (χ3v) is 6.01. The van der Waals surface area contributed by atoms with Crippen molar-refractivity contribution in [3.05, 3.63) is 35.9 Å². The van der Waals surface area contributed by atoms with Crippen molar-refractivity contribution < 1.29 is 32.9 Å². The summed E-state index contributed by atoms with van der Waals surface area (Å²) in [5.74, 6) is -0.276. The van der Waals surface area contributed by atoms with Gasteiger partial charge in [-0.2, -0.15) is 0 Å². The van der Waals surface area contributed by atoms with E-state index in [1.54, 1.807) is 0 Å². The van der Waals surface area contributed by atoms with Crippen LogP contribution >= 0.6 is 6.72 Å². The molecule has 2 rings (SSSR count). The van der Waals surface area contributed by atoms with Crippen LogP contribution in [0.3, 0.4) is 0 Å². The molecular formula is C17H25BNO7PS. The first-order chi connectivity index (χ1) is 13.4. The number of carbonyl (C=O) groups is 1. The summed E-state index contributed by atoms with van der Waals surface area (Å²) in [6, 6.07) is 8.55. The highest BCUT2D eigenvalue weighted by atomic mass is 32.5. The molecule has 1 aromatic carbocycles. The summed E-state index contributed by atoms with van der Waals surface area (Å²) < 4.78 is 26.3. The molecule has 0 aliphatic carbocycles. The fraction of sp³-hybridized carbons (Fsp3) is 0.588. The van der Waals surface area contributed by atoms with Crippen molar-refractivity contribution in [1.82, 2.24) is 0 Å². The topological polar surface area (TPSA) is 109 Å². The predicted molar refractivity (Wildman–Crippen MR) is 107 cm³/mol. The normalized spacial score (nSPS) is 26.5. The smallest absolute Gasteiger partial charge is 0.431 e. The number of rotatable bonds is 10. The summed E-state index contributed by atoms with van der Waals surface area (Å²) in [5.41, 5.74) is 6.41. The van der Waals surface area contributed by atoms with E-state index in [1.165, 1.54) is 7.11 Å². The summed E-state index contributed by atoms with van der Waals surface area (Å²) in [6.45, 7) is -3.06. The number of hydrogen-bond donors (Lipinski definition) is 2. The molecule has 2 radical (unpaired) electrons. The van der Waals surface area contributed by atoms with Gasteiger partial charge < -0.3 is 33.9 Å². The van der Waals surface area contributed by atoms with Crippen LogP contribution in [0.4, 0.5) is 4.79 Å². The van der Waals surface area contributed by atoms with Gasteiger partial charge in [0.1, 0.15) is 33.3 Å². The van der Waals surface area contributed by atoms with Crippen molar-refractivity contribution in [3.8, 4) is 0 Å². The van der Waals surface area contributed by atoms with Crippen LogP contribution in [0.15, 0.2) is 30.3 Å². The Morgan fingerprint density at radius 3 is 2.71 bits per heavy atom. The molecule has 5 atom stereocenters. The van der Waals surface area contributed by atoms with Crippen LogP contribution in [0.25, 0.3) is 0 Å². The third-order valence-electron chi connectivity index (χ3n) is 4.33. The number of nitrogens with two attached hydrogens (primary N) is 1. The van der Waals surface area contributed by atoms with Gasteiger partial charge in [0.05, 0.1) is 0 Å². The Labute approximate surface area is 171 Å². The molecule has 1 aliphatic heterocycles. The molecule has 1 aliphatic rings. The second-order valence-electron chi connectivity index (χ2n) is 6.29. The number of hydrogen-bond acceptors (Lipinski definition) is 8. The van der Waals surface area contributed by atoms with E-state index in [2.05, 4.69) is 0 Å². The first-order valence-corrected chi connectivity index (χ1v) is 11.5. The second-order valence-corrected chi connectivity index (χ2v) is 9.19. The van der Waals surface area contributed by atoms with Gasteiger partial charge in [0.2, 0.25) is 0 Å². The summed E-state index contributed by atoms with van der Waals surface area (Å²) in [5, 5.41) is 0. The van der Waals surface area contributed by atoms with Crippen LogP contribution in [0.1, 0.15) is 18.4 Å². The van der Waals surface area contributed by atoms with Gasteiger partial charge in [0.15, 0.2) is 0 Å². The molecule has 1 saturated heterocycles. The lowest BCUT2D eigenvalue weighted by Gasteiger charge is -2.26. The molecule has 28 heavy (non-hydrogen) atoms. The molecule has 1 fully saturated rings. The molecule has 8 nitrogen and oxygen atoms in total. The standard InChI is InChI=1S/C17H25BNO7PS/c1-22-27(21,28)26-15-13(8-5-9-19)16(18)25-14(15)11-24-17(20)23-10-12-6-3-2-4-7-12/h2-4,6-7,13-16H,5,8-11,19H2,1H3,(H,21,28)/t13-,14+,15?,16+,27?/m0/s1. The van der Waals surface area contributed by atoms with Crippen LogP contribution in [0, 0.1) is 5.92 Å². The van der Waals surface area contributed by atoms with E-state index in [1.807, 2.05) is 30.3 Å². The van der Waals surface area contributed by atoms with Crippen molar-refractivity contribution >= 4 is 32.5 Å². The van der Waals surface area contributed by atoms with Crippen molar-refractivity contribution in [2.75, 3.05) is 20.3 Å². The summed E-state index contributed by atoms with van der Waals surface area (Å²) in [6.07, 6.45) is -0.961. The minimum absolute atomic E-state index is 0.0882. The zero-order valence-corrected chi connectivity index (χ0v) is 17.3. The number of benzene rings is 1. The molecule has 11 heteroatoms. The molecular weight excluding hydrogens is 404 g/mol. The molecule has 3 N–H and O–H groups in total. The molecule has 0 amide bonds. The first kappa shape index (κ1) is 23.3. The first-order valence-electron chi connectivity index (χ1n) is 8.88. The van der Waals surface area contributed by atoms with E-state index in [-0.39, 0.29) is 19.1 Å². The summed E-state index contributed by atoms with van der Waals surface area (Å²) in [4.78, 5) is 21.9. The maximum absolute atomic E-state index is 11.9. The van der Waals surface area contributed by atoms with Crippen LogP contribution in [0.5, 0.6) is 0 Å². The molecule has 2 unspecified atom stereocenters. The number of ether oxygens (including phenoxy) is 3. The van der Waals surface area contributed by atoms with Gasteiger partial charge in [0.25, 0.3) is 0 Å². The van der Waals surface area contributed by atoms with Crippen molar-refractivity contribution in [2.45, 2.75) is 37.7 Å². The lowest BCUT2D eigenvalue weighted by molar-refractivity contribution is -0.0272. The predicted octanol–water partition coefficient (Wildman–Crippen LogP) is 1.84. The van der Waals surface area contributed by atoms with Crippen LogP contribution < -0.4 is 5.73 Å². The summed E-state index contributed by atoms with van der Waals surface area (Å²) >= 11 is 4.94. The van der Waals surface area contributed by atoms with Crippen molar-refractivity contribution in [1.29, 1.82) is 0 Å². The third kappa shape index (κ3) is 7.11. The minimum atomic E-state index is -3.46. The highest BCUT2D eigenvalue weighted by Crippen LogP contribution is 2.48. The minimum Gasteiger partial charge on any atom is -0.431 e. The van der Waals surface area contributed by atoms with Crippen LogP contribution in [-0.4, -0.2) is 57.4 Å². The van der Waals surface area contributed by atoms with E-state index in [0.29, 0.717) is 19.4 Å². The maximum atomic E-state index is 11.9. The molecule has 1 heterocycles. The van der Waals surface area contributed by atoms with Crippen molar-refractivity contribution in [2.24, 2.45) is 11.7 Å². The highest BCUT2D eigenvalue weighted by molar-refractivity contribution is 8.07. The quantitative estimate of drug-likeness (QED) is 0.327. The molecule has 0 bridgehead atoms. The van der Waals surface area contributed by atoms with E-state index in [4.69, 9.17) is 48.6 Å². The lowest BCUT2D eigenvalue weighted by Crippen LogP contribution is -2.34. The Morgan fingerprint density at radius 1 is 1.36 bits per heavy atom. The monoisotopic (exact) mass is 429 g/mol. The van der Waals surface area contributed by atoms with E-state index in [0.717, 1.165) is 5.56 Å². The van der Waals surface area contributed by atoms with E-state index >= 15 is 0 Å². The average molecular weight is 429 g/mol. The second kappa shape index (κ2) is 11.3. The summed E-state index contributed by atoms with van der Waals surface area (Å²) in [7, 11) is 7.30. The Morgan fingerprint density at radius 2 is 2.07 bits per heavy atom. The Hall–Kier alpha value is -0.995. The number of carbonyl (C=O) groups excluding carboxylic acids is 1. The zero-order valence-electron chi connectivity index (χ0n) is 15.6. The van der Waals surface area contributed by atoms with Gasteiger partial charge in [-0.25, -0.2) is 4.79 Å². The molecule has 154 valence electrons. The lowest BCUT2D eigenvalue weighted by atomic mass is 9.82. The SMILES string of the molecule is [B][C@@H]1O[C@H](COC(=O)OCc2ccccc2)C(OP(O)(=S)OC)[C@@H]1CCCN. The fourth-order valence-corrected chi connectivity index (χ4v) is 3.89. The van der Waals surface area contributed by atoms with Gasteiger partial charge in [-0.3, -0.25) is 0 Å². The zero-order chi connectivity index (χ0) is 20.6. The van der Waals surface area contributed by atoms with Gasteiger partial charge in [-0.1, -0.05) is 30.3 Å².